The summed E-state index contributed by atoms with van der Waals surface area (Å²) in [6, 6.07) is 8.37. The maximum Gasteiger partial charge on any atom is 0.328 e. The molecule has 172 valence electrons. The number of para-hydroxylation sites is 1. The van der Waals surface area contributed by atoms with Crippen LogP contribution in [0.4, 0.5) is 0 Å². The van der Waals surface area contributed by atoms with Gasteiger partial charge in [-0.05, 0) is 30.6 Å². The van der Waals surface area contributed by atoms with E-state index in [9.17, 15) is 9.59 Å². The fourth-order valence-corrected chi connectivity index (χ4v) is 4.03. The number of methoxy groups -OCH3 is 1. The van der Waals surface area contributed by atoms with Crippen LogP contribution in [0.2, 0.25) is 0 Å². The molecule has 0 unspecified atom stereocenters. The number of benzene rings is 1. The second-order valence-electron chi connectivity index (χ2n) is 7.40. The van der Waals surface area contributed by atoms with E-state index in [1.807, 2.05) is 53.6 Å². The molecule has 0 aliphatic carbocycles. The summed E-state index contributed by atoms with van der Waals surface area (Å²) in [6.45, 7) is 1.16. The van der Waals surface area contributed by atoms with E-state index < -0.39 is 18.1 Å². The van der Waals surface area contributed by atoms with E-state index >= 15 is 0 Å². The first kappa shape index (κ1) is 25.6. The molecule has 1 aliphatic heterocycles. The second kappa shape index (κ2) is 13.7. The summed E-state index contributed by atoms with van der Waals surface area (Å²) in [7, 11) is 1.33. The van der Waals surface area contributed by atoms with E-state index in [-0.39, 0.29) is 18.1 Å². The molecule has 1 saturated heterocycles. The quantitative estimate of drug-likeness (QED) is 0.245. The van der Waals surface area contributed by atoms with E-state index in [0.29, 0.717) is 31.7 Å². The van der Waals surface area contributed by atoms with Gasteiger partial charge in [0.05, 0.1) is 13.2 Å². The number of rotatable bonds is 12. The molecule has 1 heterocycles. The number of thiol groups is 1. The zero-order valence-electron chi connectivity index (χ0n) is 18.1. The van der Waals surface area contributed by atoms with Crippen molar-refractivity contribution >= 4 is 36.3 Å². The van der Waals surface area contributed by atoms with Gasteiger partial charge in [-0.15, -0.1) is 0 Å². The van der Waals surface area contributed by atoms with Crippen LogP contribution >= 0.6 is 24.4 Å². The van der Waals surface area contributed by atoms with Gasteiger partial charge in [-0.2, -0.15) is 24.4 Å². The van der Waals surface area contributed by atoms with E-state index in [1.165, 1.54) is 7.11 Å². The van der Waals surface area contributed by atoms with Crippen LogP contribution in [-0.2, 0) is 14.3 Å². The molecule has 0 bridgehead atoms. The maximum atomic E-state index is 13.1. The Morgan fingerprint density at radius 3 is 2.77 bits per heavy atom. The Kier molecular flexibility index (Phi) is 11.3. The summed E-state index contributed by atoms with van der Waals surface area (Å²) in [6.07, 6.45) is 6.73. The number of thioether (sulfide) groups is 1. The molecule has 31 heavy (non-hydrogen) atoms. The molecule has 0 saturated carbocycles. The number of nitrogens with zero attached hydrogens (tertiary/aromatic N) is 1. The third kappa shape index (κ3) is 8.40. The maximum absolute atomic E-state index is 13.1. The van der Waals surface area contributed by atoms with Gasteiger partial charge in [0, 0.05) is 31.3 Å². The van der Waals surface area contributed by atoms with Crippen molar-refractivity contribution in [3.05, 3.63) is 42.5 Å². The molecular formula is C22H33N3O4S2. The molecule has 1 aromatic rings. The monoisotopic (exact) mass is 467 g/mol. The summed E-state index contributed by atoms with van der Waals surface area (Å²) in [5, 5.41) is 2.88. The van der Waals surface area contributed by atoms with Gasteiger partial charge in [0.1, 0.15) is 17.9 Å². The van der Waals surface area contributed by atoms with Gasteiger partial charge in [0.15, 0.2) is 0 Å². The Morgan fingerprint density at radius 2 is 2.13 bits per heavy atom. The van der Waals surface area contributed by atoms with Crippen molar-refractivity contribution in [1.29, 1.82) is 0 Å². The number of ether oxygens (including phenoxy) is 2. The van der Waals surface area contributed by atoms with Crippen molar-refractivity contribution in [2.24, 2.45) is 5.73 Å². The number of esters is 1. The number of amides is 1. The van der Waals surface area contributed by atoms with Crippen molar-refractivity contribution in [3.63, 3.8) is 0 Å². The number of nitrogens with one attached hydrogen (secondary N) is 1. The van der Waals surface area contributed by atoms with Gasteiger partial charge in [0.2, 0.25) is 5.91 Å². The molecule has 9 heteroatoms. The zero-order valence-corrected chi connectivity index (χ0v) is 19.8. The minimum Gasteiger partial charge on any atom is -0.489 e. The molecule has 1 fully saturated rings. The lowest BCUT2D eigenvalue weighted by molar-refractivity contribution is -0.145. The number of nitrogens with two attached hydrogens (primary N) is 1. The summed E-state index contributed by atoms with van der Waals surface area (Å²) < 4.78 is 11.0. The smallest absolute Gasteiger partial charge is 0.328 e. The number of hydrogen-bond acceptors (Lipinski definition) is 8. The molecule has 2 rings (SSSR count). The first-order chi connectivity index (χ1) is 15.0. The third-order valence-corrected chi connectivity index (χ3v) is 6.13. The lowest BCUT2D eigenvalue weighted by atomic mass is 10.1. The minimum absolute atomic E-state index is 0.132. The molecule has 0 aromatic heterocycles. The Labute approximate surface area is 194 Å². The average molecular weight is 468 g/mol. The van der Waals surface area contributed by atoms with Crippen LogP contribution in [0.25, 0.3) is 0 Å². The van der Waals surface area contributed by atoms with Crippen LogP contribution in [0, 0.1) is 0 Å². The molecule has 0 radical (unpaired) electrons. The predicted octanol–water partition coefficient (Wildman–Crippen LogP) is 1.73. The van der Waals surface area contributed by atoms with Crippen molar-refractivity contribution in [3.8, 4) is 5.75 Å². The zero-order chi connectivity index (χ0) is 22.6. The molecule has 1 amide bonds. The standard InChI is InChI=1S/C22H33N3O4S2/c1-28-22(27)19(10-12-31-2)24-21(26)20-13-18(29-17-8-4-3-5-9-17)14-25(20)11-6-7-16(23)15-30/h3-9,16,18-20,30H,10-15,23H2,1-2H3,(H,24,26)/b7-6+/t16-,18+,19+,20-/m1/s1. The van der Waals surface area contributed by atoms with Crippen LogP contribution in [0.15, 0.2) is 42.5 Å². The van der Waals surface area contributed by atoms with Gasteiger partial charge < -0.3 is 20.5 Å². The average Bonchev–Trinajstić information content (AvgIpc) is 3.18. The van der Waals surface area contributed by atoms with E-state index in [1.54, 1.807) is 11.8 Å². The van der Waals surface area contributed by atoms with E-state index in [2.05, 4.69) is 17.9 Å². The van der Waals surface area contributed by atoms with Gasteiger partial charge in [-0.1, -0.05) is 30.4 Å². The minimum atomic E-state index is -0.658. The fourth-order valence-electron chi connectivity index (χ4n) is 3.44. The predicted molar refractivity (Wildman–Crippen MR) is 129 cm³/mol. The van der Waals surface area contributed by atoms with Crippen LogP contribution in [-0.4, -0.2) is 79.0 Å². The molecule has 0 spiro atoms. The first-order valence-electron chi connectivity index (χ1n) is 10.3. The van der Waals surface area contributed by atoms with Crippen LogP contribution in [0.3, 0.4) is 0 Å². The topological polar surface area (TPSA) is 93.9 Å². The van der Waals surface area contributed by atoms with Gasteiger partial charge in [0.25, 0.3) is 0 Å². The summed E-state index contributed by atoms with van der Waals surface area (Å²) in [4.78, 5) is 27.3. The van der Waals surface area contributed by atoms with Crippen molar-refractivity contribution in [2.75, 3.05) is 38.0 Å². The Hall–Kier alpha value is -1.68. The van der Waals surface area contributed by atoms with Crippen molar-refractivity contribution in [1.82, 2.24) is 10.2 Å². The molecule has 3 N–H and O–H groups in total. The molecular weight excluding hydrogens is 434 g/mol. The Bertz CT molecular complexity index is 720. The normalized spacial score (nSPS) is 21.0. The first-order valence-corrected chi connectivity index (χ1v) is 12.4. The van der Waals surface area contributed by atoms with Crippen molar-refractivity contribution in [2.45, 2.75) is 37.1 Å². The fraction of sp³-hybridized carbons (Fsp3) is 0.545. The Morgan fingerprint density at radius 1 is 1.39 bits per heavy atom. The molecule has 1 aromatic carbocycles. The highest BCUT2D eigenvalue weighted by Crippen LogP contribution is 2.23. The number of likely N-dealkylation sites (tertiary alicyclic amines) is 1. The lowest BCUT2D eigenvalue weighted by Crippen LogP contribution is -2.50. The van der Waals surface area contributed by atoms with E-state index in [0.717, 1.165) is 11.5 Å². The largest absolute Gasteiger partial charge is 0.489 e. The number of hydrogen-bond donors (Lipinski definition) is 3. The lowest BCUT2D eigenvalue weighted by Gasteiger charge is -2.24. The SMILES string of the molecule is COC(=O)[C@H](CCSC)NC(=O)[C@H]1C[C@H](Oc2ccccc2)CN1C/C=C/[C@@H](N)CS. The van der Waals surface area contributed by atoms with Crippen LogP contribution in [0.1, 0.15) is 12.8 Å². The number of carbonyl (C=O) groups excluding carboxylic acids is 2. The van der Waals surface area contributed by atoms with E-state index in [4.69, 9.17) is 15.2 Å². The molecule has 1 aliphatic rings. The summed E-state index contributed by atoms with van der Waals surface area (Å²) in [5.41, 5.74) is 5.90. The number of carbonyl (C=O) groups is 2. The van der Waals surface area contributed by atoms with Gasteiger partial charge >= 0.3 is 5.97 Å². The Balaban J connectivity index is 2.08. The van der Waals surface area contributed by atoms with Crippen LogP contribution < -0.4 is 15.8 Å². The second-order valence-corrected chi connectivity index (χ2v) is 8.75. The molecule has 4 atom stereocenters. The molecule has 7 nitrogen and oxygen atoms in total. The third-order valence-electron chi connectivity index (χ3n) is 5.06. The highest BCUT2D eigenvalue weighted by Gasteiger charge is 2.38. The van der Waals surface area contributed by atoms with Crippen LogP contribution in [0.5, 0.6) is 5.75 Å². The van der Waals surface area contributed by atoms with Crippen molar-refractivity contribution < 1.29 is 19.1 Å². The highest BCUT2D eigenvalue weighted by molar-refractivity contribution is 7.98. The summed E-state index contributed by atoms with van der Waals surface area (Å²) >= 11 is 5.81. The highest BCUT2D eigenvalue weighted by atomic mass is 32.2. The summed E-state index contributed by atoms with van der Waals surface area (Å²) in [5.74, 6) is 1.45. The van der Waals surface area contributed by atoms with Gasteiger partial charge in [-0.3, -0.25) is 9.69 Å². The van der Waals surface area contributed by atoms with Gasteiger partial charge in [-0.25, -0.2) is 4.79 Å².